The molecule has 2 aromatic carbocycles. The molecule has 0 saturated heterocycles. The molecule has 0 spiro atoms. The van der Waals surface area contributed by atoms with E-state index in [0.29, 0.717) is 17.3 Å². The molecular weight excluding hydrogens is 268 g/mol. The molecule has 1 aromatic heterocycles. The van der Waals surface area contributed by atoms with Gasteiger partial charge in [-0.05, 0) is 24.3 Å². The lowest BCUT2D eigenvalue weighted by molar-refractivity contribution is 0.462. The lowest BCUT2D eigenvalue weighted by Gasteiger charge is -2.08. The number of aromatic nitrogens is 1. The summed E-state index contributed by atoms with van der Waals surface area (Å²) in [5, 5.41) is 10.8. The topological polar surface area (TPSA) is 59.1 Å². The van der Waals surface area contributed by atoms with Gasteiger partial charge in [-0.25, -0.2) is 4.98 Å². The molecule has 100 valence electrons. The van der Waals surface area contributed by atoms with Crippen molar-refractivity contribution in [2.24, 2.45) is 0 Å². The minimum Gasteiger partial charge on any atom is -0.507 e. The Morgan fingerprint density at radius 1 is 1.05 bits per heavy atom. The van der Waals surface area contributed by atoms with E-state index in [-0.39, 0.29) is 0 Å². The molecule has 0 bridgehead atoms. The molecule has 0 aliphatic carbocycles. The molecule has 0 amide bonds. The Hall–Kier alpha value is -2.20. The van der Waals surface area contributed by atoms with Crippen molar-refractivity contribution in [3.8, 4) is 5.75 Å². The molecule has 3 nitrogen and oxygen atoms in total. The van der Waals surface area contributed by atoms with E-state index in [0.717, 1.165) is 21.4 Å². The van der Waals surface area contributed by atoms with Crippen molar-refractivity contribution in [3.63, 3.8) is 0 Å². The van der Waals surface area contributed by atoms with Crippen LogP contribution in [0.1, 0.15) is 5.56 Å². The Labute approximate surface area is 121 Å². The molecule has 0 radical (unpaired) electrons. The number of nitrogens with zero attached hydrogens (tertiary/aromatic N) is 1. The molecule has 20 heavy (non-hydrogen) atoms. The van der Waals surface area contributed by atoms with Gasteiger partial charge in [-0.15, -0.1) is 11.8 Å². The normalized spacial score (nSPS) is 10.8. The fourth-order valence-corrected chi connectivity index (χ4v) is 2.96. The molecule has 0 aliphatic heterocycles. The molecule has 4 heteroatoms. The summed E-state index contributed by atoms with van der Waals surface area (Å²) >= 11 is 1.55. The van der Waals surface area contributed by atoms with Crippen molar-refractivity contribution in [3.05, 3.63) is 60.2 Å². The van der Waals surface area contributed by atoms with Crippen LogP contribution in [0.2, 0.25) is 0 Å². The van der Waals surface area contributed by atoms with Gasteiger partial charge in [0.05, 0.1) is 5.52 Å². The van der Waals surface area contributed by atoms with Crippen LogP contribution in [0.5, 0.6) is 5.75 Å². The number of fused-ring (bicyclic) bond motifs is 1. The number of nitrogen functional groups attached to an aromatic ring is 1. The number of aromatic hydroxyl groups is 1. The molecule has 3 aromatic rings. The van der Waals surface area contributed by atoms with E-state index in [2.05, 4.69) is 11.1 Å². The van der Waals surface area contributed by atoms with Gasteiger partial charge in [0.15, 0.2) is 0 Å². The van der Waals surface area contributed by atoms with Crippen molar-refractivity contribution in [2.45, 2.75) is 10.6 Å². The van der Waals surface area contributed by atoms with Crippen LogP contribution < -0.4 is 5.73 Å². The van der Waals surface area contributed by atoms with Crippen LogP contribution in [0.3, 0.4) is 0 Å². The predicted molar refractivity (Wildman–Crippen MR) is 83.8 cm³/mol. The first-order chi connectivity index (χ1) is 9.74. The molecule has 0 saturated carbocycles. The Balaban J connectivity index is 1.87. The standard InChI is InChI=1S/C16H14N2OS/c17-16-12(9-11-5-1-2-6-13(11)18-16)10-20-15-8-4-3-7-14(15)19/h1-9,19H,10H2,(H2,17,18). The summed E-state index contributed by atoms with van der Waals surface area (Å²) in [6.45, 7) is 0. The maximum absolute atomic E-state index is 9.76. The van der Waals surface area contributed by atoms with Gasteiger partial charge in [-0.1, -0.05) is 30.3 Å². The van der Waals surface area contributed by atoms with Gasteiger partial charge in [0.1, 0.15) is 11.6 Å². The Morgan fingerprint density at radius 3 is 2.65 bits per heavy atom. The molecule has 0 unspecified atom stereocenters. The maximum atomic E-state index is 9.76. The molecule has 3 rings (SSSR count). The second-order valence-electron chi connectivity index (χ2n) is 4.48. The molecule has 0 atom stereocenters. The highest BCUT2D eigenvalue weighted by atomic mass is 32.2. The third kappa shape index (κ3) is 2.56. The van der Waals surface area contributed by atoms with Gasteiger partial charge in [-0.3, -0.25) is 0 Å². The third-order valence-corrected chi connectivity index (χ3v) is 4.20. The minimum atomic E-state index is 0.296. The van der Waals surface area contributed by atoms with Crippen LogP contribution in [-0.2, 0) is 5.75 Å². The van der Waals surface area contributed by atoms with Crippen molar-refractivity contribution in [2.75, 3.05) is 5.73 Å². The quantitative estimate of drug-likeness (QED) is 0.717. The van der Waals surface area contributed by atoms with Crippen LogP contribution in [-0.4, -0.2) is 10.1 Å². The highest BCUT2D eigenvalue weighted by Gasteiger charge is 2.06. The lowest BCUT2D eigenvalue weighted by Crippen LogP contribution is -1.97. The average Bonchev–Trinajstić information content (AvgIpc) is 2.46. The van der Waals surface area contributed by atoms with Crippen molar-refractivity contribution in [1.82, 2.24) is 4.98 Å². The van der Waals surface area contributed by atoms with E-state index in [1.807, 2.05) is 42.5 Å². The fourth-order valence-electron chi connectivity index (χ4n) is 2.02. The number of hydrogen-bond donors (Lipinski definition) is 2. The predicted octanol–water partition coefficient (Wildman–Crippen LogP) is 3.81. The second kappa shape index (κ2) is 5.43. The summed E-state index contributed by atoms with van der Waals surface area (Å²) in [7, 11) is 0. The van der Waals surface area contributed by atoms with Crippen molar-refractivity contribution in [1.29, 1.82) is 0 Å². The maximum Gasteiger partial charge on any atom is 0.129 e. The molecule has 1 heterocycles. The smallest absolute Gasteiger partial charge is 0.129 e. The number of nitrogens with two attached hydrogens (primary N) is 1. The second-order valence-corrected chi connectivity index (χ2v) is 5.50. The number of para-hydroxylation sites is 2. The Morgan fingerprint density at radius 2 is 1.80 bits per heavy atom. The Bertz CT molecular complexity index is 758. The summed E-state index contributed by atoms with van der Waals surface area (Å²) in [4.78, 5) is 5.26. The first-order valence-electron chi connectivity index (χ1n) is 6.29. The highest BCUT2D eigenvalue weighted by Crippen LogP contribution is 2.32. The van der Waals surface area contributed by atoms with Crippen LogP contribution in [0.25, 0.3) is 10.9 Å². The summed E-state index contributed by atoms with van der Waals surface area (Å²) in [5.74, 6) is 1.53. The van der Waals surface area contributed by atoms with Gasteiger partial charge < -0.3 is 10.8 Å². The van der Waals surface area contributed by atoms with E-state index in [9.17, 15) is 5.11 Å². The monoisotopic (exact) mass is 282 g/mol. The van der Waals surface area contributed by atoms with Gasteiger partial charge in [-0.2, -0.15) is 0 Å². The number of phenols is 1. The summed E-state index contributed by atoms with van der Waals surface area (Å²) in [6.07, 6.45) is 0. The van der Waals surface area contributed by atoms with E-state index in [4.69, 9.17) is 5.73 Å². The molecule has 0 fully saturated rings. The number of thioether (sulfide) groups is 1. The summed E-state index contributed by atoms with van der Waals surface area (Å²) < 4.78 is 0. The van der Waals surface area contributed by atoms with Crippen LogP contribution in [0.15, 0.2) is 59.5 Å². The first kappa shape index (κ1) is 12.8. The third-order valence-electron chi connectivity index (χ3n) is 3.08. The highest BCUT2D eigenvalue weighted by molar-refractivity contribution is 7.98. The molecule has 0 aliphatic rings. The van der Waals surface area contributed by atoms with Gasteiger partial charge in [0.25, 0.3) is 0 Å². The number of phenolic OH excluding ortho intramolecular Hbond substituents is 1. The van der Waals surface area contributed by atoms with Crippen LogP contribution in [0, 0.1) is 0 Å². The zero-order valence-electron chi connectivity index (χ0n) is 10.8. The van der Waals surface area contributed by atoms with E-state index >= 15 is 0 Å². The minimum absolute atomic E-state index is 0.296. The van der Waals surface area contributed by atoms with E-state index in [1.54, 1.807) is 17.8 Å². The van der Waals surface area contributed by atoms with Crippen LogP contribution in [0.4, 0.5) is 5.82 Å². The van der Waals surface area contributed by atoms with Gasteiger partial charge in [0.2, 0.25) is 0 Å². The van der Waals surface area contributed by atoms with Crippen LogP contribution >= 0.6 is 11.8 Å². The zero-order chi connectivity index (χ0) is 13.9. The fraction of sp³-hybridized carbons (Fsp3) is 0.0625. The van der Waals surface area contributed by atoms with Crippen molar-refractivity contribution < 1.29 is 5.11 Å². The summed E-state index contributed by atoms with van der Waals surface area (Å²) in [5.41, 5.74) is 7.89. The van der Waals surface area contributed by atoms with Crippen molar-refractivity contribution >= 4 is 28.5 Å². The van der Waals surface area contributed by atoms with E-state index in [1.165, 1.54) is 0 Å². The summed E-state index contributed by atoms with van der Waals surface area (Å²) in [6, 6.07) is 17.3. The number of anilines is 1. The zero-order valence-corrected chi connectivity index (χ0v) is 11.6. The van der Waals surface area contributed by atoms with Gasteiger partial charge >= 0.3 is 0 Å². The molecular formula is C16H14N2OS. The Kier molecular flexibility index (Phi) is 3.48. The lowest BCUT2D eigenvalue weighted by atomic mass is 10.1. The van der Waals surface area contributed by atoms with Gasteiger partial charge in [0, 0.05) is 21.6 Å². The number of pyridine rings is 1. The number of rotatable bonds is 3. The van der Waals surface area contributed by atoms with E-state index < -0.39 is 0 Å². The average molecular weight is 282 g/mol. The number of benzene rings is 2. The first-order valence-corrected chi connectivity index (χ1v) is 7.27. The SMILES string of the molecule is Nc1nc2ccccc2cc1CSc1ccccc1O. The number of hydrogen-bond acceptors (Lipinski definition) is 4. The molecule has 3 N–H and O–H groups in total. The largest absolute Gasteiger partial charge is 0.507 e.